The molecule has 0 amide bonds. The normalized spacial score (nSPS) is 15.9. The van der Waals surface area contributed by atoms with Gasteiger partial charge in [0.2, 0.25) is 0 Å². The number of aliphatic hydroxyl groups excluding tert-OH is 6. The largest absolute Gasteiger partial charge is 0.481 e. The first-order valence-corrected chi connectivity index (χ1v) is 6.54. The van der Waals surface area contributed by atoms with E-state index in [9.17, 15) is 9.59 Å². The van der Waals surface area contributed by atoms with Crippen LogP contribution in [0.5, 0.6) is 0 Å². The fraction of sp³-hybridized carbons (Fsp3) is 0.833. The van der Waals surface area contributed by atoms with Crippen molar-refractivity contribution in [2.45, 2.75) is 50.1 Å². The molecule has 0 unspecified atom stereocenters. The minimum Gasteiger partial charge on any atom is -0.481 e. The predicted octanol–water partition coefficient (Wildman–Crippen LogP) is -2.87. The van der Waals surface area contributed by atoms with Crippen molar-refractivity contribution in [2.24, 2.45) is 0 Å². The van der Waals surface area contributed by atoms with E-state index in [1.165, 1.54) is 0 Å². The molecule has 0 aliphatic carbocycles. The second-order valence-electron chi connectivity index (χ2n) is 4.48. The minimum absolute atomic E-state index is 0.0628. The maximum atomic E-state index is 9.90. The van der Waals surface area contributed by atoms with Gasteiger partial charge in [0.25, 0.3) is 0 Å². The number of hydrogen-bond acceptors (Lipinski definition) is 8. The molecule has 0 aromatic rings. The third-order valence-corrected chi connectivity index (χ3v) is 2.54. The Balaban J connectivity index is 0. The number of rotatable bonds is 10. The Morgan fingerprint density at radius 2 is 0.955 bits per heavy atom. The van der Waals surface area contributed by atoms with Crippen LogP contribution in [0, 0.1) is 0 Å². The smallest absolute Gasteiger partial charge is 0.303 e. The SMILES string of the molecule is O=C(O)CCCCC(=O)O.OC[C@@H](O)[C@H](O)[C@H](O)[C@@H](O)CO. The highest BCUT2D eigenvalue weighted by Gasteiger charge is 2.29. The zero-order valence-corrected chi connectivity index (χ0v) is 11.9. The summed E-state index contributed by atoms with van der Waals surface area (Å²) in [6.07, 6.45) is -5.37. The monoisotopic (exact) mass is 328 g/mol. The van der Waals surface area contributed by atoms with Gasteiger partial charge in [0.1, 0.15) is 24.4 Å². The number of aliphatic carboxylic acids is 2. The number of aliphatic hydroxyl groups is 6. The Morgan fingerprint density at radius 3 is 1.14 bits per heavy atom. The van der Waals surface area contributed by atoms with Gasteiger partial charge in [0.15, 0.2) is 0 Å². The summed E-state index contributed by atoms with van der Waals surface area (Å²) in [4.78, 5) is 19.8. The van der Waals surface area contributed by atoms with Crippen LogP contribution in [0.25, 0.3) is 0 Å². The molecule has 0 radical (unpaired) electrons. The van der Waals surface area contributed by atoms with Gasteiger partial charge in [-0.25, -0.2) is 0 Å². The standard InChI is InChI=1S/C6H14O6.C6H10O4/c7-1-3(9)5(11)6(12)4(10)2-8;7-5(8)3-1-2-4-6(9)10/h3-12H,1-2H2;1-4H2,(H,7,8)(H,9,10)/t3-,4+,5+,6-;. The number of unbranched alkanes of at least 4 members (excludes halogenated alkanes) is 1. The fourth-order valence-corrected chi connectivity index (χ4v) is 1.22. The average molecular weight is 328 g/mol. The topological polar surface area (TPSA) is 196 Å². The average Bonchev–Trinajstić information content (AvgIpc) is 2.48. The van der Waals surface area contributed by atoms with Crippen LogP contribution in [0.15, 0.2) is 0 Å². The number of carboxylic acids is 2. The van der Waals surface area contributed by atoms with Gasteiger partial charge in [-0.1, -0.05) is 0 Å². The molecule has 0 fully saturated rings. The van der Waals surface area contributed by atoms with E-state index in [1.54, 1.807) is 0 Å². The minimum atomic E-state index is -1.67. The van der Waals surface area contributed by atoms with Crippen LogP contribution >= 0.6 is 0 Å². The molecule has 10 heteroatoms. The summed E-state index contributed by atoms with van der Waals surface area (Å²) >= 11 is 0. The van der Waals surface area contributed by atoms with Gasteiger partial charge in [-0.3, -0.25) is 9.59 Å². The lowest BCUT2D eigenvalue weighted by atomic mass is 10.0. The molecule has 0 aliphatic rings. The zero-order chi connectivity index (χ0) is 17.7. The Morgan fingerprint density at radius 1 is 0.682 bits per heavy atom. The van der Waals surface area contributed by atoms with Crippen LogP contribution in [0.2, 0.25) is 0 Å². The first-order chi connectivity index (χ1) is 10.2. The number of hydrogen-bond donors (Lipinski definition) is 8. The Kier molecular flexibility index (Phi) is 14.0. The molecular formula is C12H24O10. The van der Waals surface area contributed by atoms with E-state index in [1.807, 2.05) is 0 Å². The highest BCUT2D eigenvalue weighted by molar-refractivity contribution is 5.67. The Hall–Kier alpha value is -1.30. The van der Waals surface area contributed by atoms with Gasteiger partial charge in [-0.05, 0) is 12.8 Å². The van der Waals surface area contributed by atoms with Gasteiger partial charge in [0.05, 0.1) is 13.2 Å². The first kappa shape index (κ1) is 23.0. The van der Waals surface area contributed by atoms with Crippen molar-refractivity contribution < 1.29 is 50.4 Å². The van der Waals surface area contributed by atoms with E-state index >= 15 is 0 Å². The second kappa shape index (κ2) is 13.4. The summed E-state index contributed by atoms with van der Waals surface area (Å²) in [6.45, 7) is -1.45. The van der Waals surface area contributed by atoms with Crippen molar-refractivity contribution in [3.8, 4) is 0 Å². The predicted molar refractivity (Wildman–Crippen MR) is 71.9 cm³/mol. The molecule has 0 rings (SSSR count). The van der Waals surface area contributed by atoms with Crippen molar-refractivity contribution in [1.29, 1.82) is 0 Å². The molecule has 0 saturated heterocycles. The maximum absolute atomic E-state index is 9.90. The molecule has 132 valence electrons. The third kappa shape index (κ3) is 12.4. The summed E-state index contributed by atoms with van der Waals surface area (Å²) in [6, 6.07) is 0. The molecule has 0 saturated carbocycles. The molecule has 0 bridgehead atoms. The van der Waals surface area contributed by atoms with Crippen molar-refractivity contribution in [2.75, 3.05) is 13.2 Å². The van der Waals surface area contributed by atoms with E-state index in [0.29, 0.717) is 12.8 Å². The van der Waals surface area contributed by atoms with Gasteiger partial charge in [0, 0.05) is 12.8 Å². The van der Waals surface area contributed by atoms with Crippen molar-refractivity contribution in [1.82, 2.24) is 0 Å². The van der Waals surface area contributed by atoms with Crippen LogP contribution in [-0.2, 0) is 9.59 Å². The molecule has 0 spiro atoms. The molecule has 0 heterocycles. The van der Waals surface area contributed by atoms with Crippen LogP contribution in [0.3, 0.4) is 0 Å². The van der Waals surface area contributed by atoms with E-state index in [4.69, 9.17) is 40.9 Å². The van der Waals surface area contributed by atoms with Crippen LogP contribution in [0.1, 0.15) is 25.7 Å². The highest BCUT2D eigenvalue weighted by Crippen LogP contribution is 2.04. The molecule has 0 aromatic heterocycles. The van der Waals surface area contributed by atoms with E-state index in [2.05, 4.69) is 0 Å². The Labute approximate surface area is 126 Å². The van der Waals surface area contributed by atoms with Gasteiger partial charge in [-0.15, -0.1) is 0 Å². The lowest BCUT2D eigenvalue weighted by molar-refractivity contribution is -0.139. The van der Waals surface area contributed by atoms with Crippen molar-refractivity contribution >= 4 is 11.9 Å². The van der Waals surface area contributed by atoms with Crippen LogP contribution in [-0.4, -0.2) is 90.4 Å². The summed E-state index contributed by atoms with van der Waals surface area (Å²) in [5.74, 6) is -1.74. The van der Waals surface area contributed by atoms with E-state index in [0.717, 1.165) is 0 Å². The summed E-state index contributed by atoms with van der Waals surface area (Å²) in [5, 5.41) is 68.4. The van der Waals surface area contributed by atoms with Crippen molar-refractivity contribution in [3.63, 3.8) is 0 Å². The second-order valence-corrected chi connectivity index (χ2v) is 4.48. The van der Waals surface area contributed by atoms with Gasteiger partial charge >= 0.3 is 11.9 Å². The molecule has 22 heavy (non-hydrogen) atoms. The molecule has 8 N–H and O–H groups in total. The first-order valence-electron chi connectivity index (χ1n) is 6.54. The maximum Gasteiger partial charge on any atom is 0.303 e. The zero-order valence-electron chi connectivity index (χ0n) is 11.9. The summed E-state index contributed by atoms with van der Waals surface area (Å²) in [7, 11) is 0. The molecule has 4 atom stereocenters. The quantitative estimate of drug-likeness (QED) is 0.193. The molecule has 0 aromatic carbocycles. The fourth-order valence-electron chi connectivity index (χ4n) is 1.22. The summed E-state index contributed by atoms with van der Waals surface area (Å²) in [5.41, 5.74) is 0. The van der Waals surface area contributed by atoms with Crippen LogP contribution in [0.4, 0.5) is 0 Å². The highest BCUT2D eigenvalue weighted by atomic mass is 16.4. The summed E-state index contributed by atoms with van der Waals surface area (Å²) < 4.78 is 0. The number of carboxylic acid groups (broad SMARTS) is 2. The number of carbonyl (C=O) groups is 2. The van der Waals surface area contributed by atoms with E-state index < -0.39 is 49.6 Å². The lowest BCUT2D eigenvalue weighted by Gasteiger charge is -2.24. The van der Waals surface area contributed by atoms with Crippen LogP contribution < -0.4 is 0 Å². The third-order valence-electron chi connectivity index (χ3n) is 2.54. The molecule has 10 nitrogen and oxygen atoms in total. The van der Waals surface area contributed by atoms with Gasteiger partial charge < -0.3 is 40.9 Å². The van der Waals surface area contributed by atoms with Gasteiger partial charge in [-0.2, -0.15) is 0 Å². The molecular weight excluding hydrogens is 304 g/mol. The Bertz CT molecular complexity index is 278. The van der Waals surface area contributed by atoms with Crippen molar-refractivity contribution in [3.05, 3.63) is 0 Å². The van der Waals surface area contributed by atoms with E-state index in [-0.39, 0.29) is 12.8 Å². The molecule has 0 aliphatic heterocycles. The lowest BCUT2D eigenvalue weighted by Crippen LogP contribution is -2.46.